The van der Waals surface area contributed by atoms with Crippen LogP contribution in [0, 0.1) is 0 Å². The van der Waals surface area contributed by atoms with E-state index in [1.165, 1.54) is 22.2 Å². The van der Waals surface area contributed by atoms with E-state index in [9.17, 15) is 0 Å². The lowest BCUT2D eigenvalue weighted by Gasteiger charge is -2.34. The van der Waals surface area contributed by atoms with Crippen molar-refractivity contribution >= 4 is 22.5 Å². The lowest BCUT2D eigenvalue weighted by Crippen LogP contribution is -2.32. The Balaban J connectivity index is 2.10. The summed E-state index contributed by atoms with van der Waals surface area (Å²) in [6.45, 7) is 2.97. The summed E-state index contributed by atoms with van der Waals surface area (Å²) in [7, 11) is 0. The number of hydrogen-bond acceptors (Lipinski definition) is 1. The third-order valence-electron chi connectivity index (χ3n) is 3.90. The fourth-order valence-corrected chi connectivity index (χ4v) is 3.10. The molecule has 2 nitrogen and oxygen atoms in total. The third kappa shape index (κ3) is 1.84. The molecule has 0 bridgehead atoms. The first-order chi connectivity index (χ1) is 8.74. The zero-order valence-electron chi connectivity index (χ0n) is 10.6. The van der Waals surface area contributed by atoms with Crippen molar-refractivity contribution in [2.75, 3.05) is 12.5 Å². The van der Waals surface area contributed by atoms with E-state index in [4.69, 9.17) is 16.3 Å². The highest BCUT2D eigenvalue weighted by Gasteiger charge is 2.35. The molecule has 0 saturated carbocycles. The van der Waals surface area contributed by atoms with Gasteiger partial charge in [0.2, 0.25) is 0 Å². The van der Waals surface area contributed by atoms with Gasteiger partial charge < -0.3 is 9.72 Å². The molecule has 1 aliphatic rings. The van der Waals surface area contributed by atoms with Crippen molar-refractivity contribution in [1.82, 2.24) is 4.98 Å². The first-order valence-electron chi connectivity index (χ1n) is 6.54. The van der Waals surface area contributed by atoms with Crippen LogP contribution in [0.15, 0.2) is 24.3 Å². The Hall–Kier alpha value is -0.990. The van der Waals surface area contributed by atoms with Gasteiger partial charge in [-0.15, -0.1) is 11.6 Å². The first-order valence-corrected chi connectivity index (χ1v) is 7.08. The Morgan fingerprint density at radius 2 is 2.22 bits per heavy atom. The maximum atomic E-state index is 6.03. The van der Waals surface area contributed by atoms with Crippen molar-refractivity contribution < 1.29 is 4.74 Å². The van der Waals surface area contributed by atoms with Gasteiger partial charge in [0.15, 0.2) is 0 Å². The Morgan fingerprint density at radius 1 is 1.39 bits per heavy atom. The predicted molar refractivity (Wildman–Crippen MR) is 75.3 cm³/mol. The minimum atomic E-state index is -0.207. The molecular formula is C15H18ClNO. The van der Waals surface area contributed by atoms with Crippen LogP contribution in [0.5, 0.6) is 0 Å². The van der Waals surface area contributed by atoms with Crippen LogP contribution in [0.4, 0.5) is 0 Å². The molecule has 0 saturated heterocycles. The summed E-state index contributed by atoms with van der Waals surface area (Å²) in [6, 6.07) is 8.50. The molecule has 1 aromatic carbocycles. The maximum Gasteiger partial charge on any atom is 0.105 e. The smallest absolute Gasteiger partial charge is 0.105 e. The van der Waals surface area contributed by atoms with Crippen LogP contribution in [-0.4, -0.2) is 17.5 Å². The van der Waals surface area contributed by atoms with E-state index < -0.39 is 0 Å². The van der Waals surface area contributed by atoms with Gasteiger partial charge in [0, 0.05) is 16.8 Å². The second-order valence-electron chi connectivity index (χ2n) is 5.15. The Bertz CT molecular complexity index is 563. The van der Waals surface area contributed by atoms with Gasteiger partial charge >= 0.3 is 0 Å². The Labute approximate surface area is 112 Å². The van der Waals surface area contributed by atoms with E-state index in [2.05, 4.69) is 36.2 Å². The van der Waals surface area contributed by atoms with E-state index in [0.717, 1.165) is 25.9 Å². The number of benzene rings is 1. The highest BCUT2D eigenvalue weighted by molar-refractivity contribution is 6.17. The fraction of sp³-hybridized carbons (Fsp3) is 0.467. The number of fused-ring (bicyclic) bond motifs is 3. The standard InChI is InChI=1S/C15H18ClNO/c1-15(8-4-9-16)14-12(7-10-18-15)11-5-2-3-6-13(11)17-14/h2-3,5-6,17H,4,7-10H2,1H3. The van der Waals surface area contributed by atoms with Crippen LogP contribution in [-0.2, 0) is 16.8 Å². The van der Waals surface area contributed by atoms with Gasteiger partial charge in [-0.1, -0.05) is 18.2 Å². The molecule has 2 aromatic rings. The summed E-state index contributed by atoms with van der Waals surface area (Å²) in [5, 5.41) is 1.34. The van der Waals surface area contributed by atoms with Gasteiger partial charge in [-0.05, 0) is 37.8 Å². The van der Waals surface area contributed by atoms with Crippen LogP contribution in [0.2, 0.25) is 0 Å². The molecule has 0 aliphatic carbocycles. The van der Waals surface area contributed by atoms with Gasteiger partial charge in [0.05, 0.1) is 12.3 Å². The molecule has 18 heavy (non-hydrogen) atoms. The highest BCUT2D eigenvalue weighted by Crippen LogP contribution is 2.39. The molecular weight excluding hydrogens is 246 g/mol. The molecule has 1 N–H and O–H groups in total. The number of aromatic nitrogens is 1. The zero-order chi connectivity index (χ0) is 12.6. The second-order valence-corrected chi connectivity index (χ2v) is 5.52. The van der Waals surface area contributed by atoms with E-state index in [-0.39, 0.29) is 5.60 Å². The number of halogens is 1. The van der Waals surface area contributed by atoms with Gasteiger partial charge in [0.25, 0.3) is 0 Å². The number of rotatable bonds is 3. The average Bonchev–Trinajstić information content (AvgIpc) is 2.77. The number of H-pyrrole nitrogens is 1. The van der Waals surface area contributed by atoms with Gasteiger partial charge in [-0.3, -0.25) is 0 Å². The normalized spacial score (nSPS) is 23.2. The molecule has 0 radical (unpaired) electrons. The molecule has 2 heterocycles. The molecule has 3 heteroatoms. The number of nitrogens with one attached hydrogen (secondary N) is 1. The average molecular weight is 264 g/mol. The van der Waals surface area contributed by atoms with Crippen molar-refractivity contribution in [2.45, 2.75) is 31.8 Å². The predicted octanol–water partition coefficient (Wildman–Crippen LogP) is 3.97. The first kappa shape index (κ1) is 12.1. The number of hydrogen-bond donors (Lipinski definition) is 1. The van der Waals surface area contributed by atoms with E-state index in [0.29, 0.717) is 5.88 Å². The summed E-state index contributed by atoms with van der Waals surface area (Å²) in [4.78, 5) is 3.55. The largest absolute Gasteiger partial charge is 0.369 e. The van der Waals surface area contributed by atoms with Crippen LogP contribution >= 0.6 is 11.6 Å². The van der Waals surface area contributed by atoms with Crippen LogP contribution in [0.1, 0.15) is 31.0 Å². The fourth-order valence-electron chi connectivity index (χ4n) is 2.96. The number of para-hydroxylation sites is 1. The summed E-state index contributed by atoms with van der Waals surface area (Å²) >= 11 is 5.82. The molecule has 1 aliphatic heterocycles. The second kappa shape index (κ2) is 4.60. The topological polar surface area (TPSA) is 25.0 Å². The molecule has 1 atom stereocenters. The van der Waals surface area contributed by atoms with Crippen LogP contribution in [0.25, 0.3) is 10.9 Å². The molecule has 1 aromatic heterocycles. The van der Waals surface area contributed by atoms with E-state index in [1.54, 1.807) is 0 Å². The van der Waals surface area contributed by atoms with Crippen LogP contribution < -0.4 is 0 Å². The highest BCUT2D eigenvalue weighted by atomic mass is 35.5. The van der Waals surface area contributed by atoms with Crippen LogP contribution in [0.3, 0.4) is 0 Å². The SMILES string of the molecule is CC1(CCCCl)OCCc2c1[nH]c1ccccc21. The lowest BCUT2D eigenvalue weighted by molar-refractivity contribution is -0.0549. The number of aromatic amines is 1. The summed E-state index contributed by atoms with van der Waals surface area (Å²) in [6.07, 6.45) is 2.94. The number of ether oxygens (including phenoxy) is 1. The molecule has 0 spiro atoms. The molecule has 0 amide bonds. The minimum Gasteiger partial charge on any atom is -0.369 e. The van der Waals surface area contributed by atoms with E-state index >= 15 is 0 Å². The van der Waals surface area contributed by atoms with Crippen molar-refractivity contribution in [3.63, 3.8) is 0 Å². The van der Waals surface area contributed by atoms with E-state index in [1.807, 2.05) is 0 Å². The molecule has 0 fully saturated rings. The third-order valence-corrected chi connectivity index (χ3v) is 4.17. The van der Waals surface area contributed by atoms with Gasteiger partial charge in [0.1, 0.15) is 5.60 Å². The van der Waals surface area contributed by atoms with Crippen molar-refractivity contribution in [3.05, 3.63) is 35.5 Å². The minimum absolute atomic E-state index is 0.207. The quantitative estimate of drug-likeness (QED) is 0.833. The Kier molecular flexibility index (Phi) is 3.08. The lowest BCUT2D eigenvalue weighted by atomic mass is 9.89. The van der Waals surface area contributed by atoms with Gasteiger partial charge in [-0.25, -0.2) is 0 Å². The monoisotopic (exact) mass is 263 g/mol. The van der Waals surface area contributed by atoms with Crippen molar-refractivity contribution in [3.8, 4) is 0 Å². The van der Waals surface area contributed by atoms with Crippen molar-refractivity contribution in [2.24, 2.45) is 0 Å². The maximum absolute atomic E-state index is 6.03. The molecule has 96 valence electrons. The van der Waals surface area contributed by atoms with Crippen molar-refractivity contribution in [1.29, 1.82) is 0 Å². The summed E-state index contributed by atoms with van der Waals surface area (Å²) in [5.74, 6) is 0.689. The summed E-state index contributed by atoms with van der Waals surface area (Å²) < 4.78 is 6.03. The number of alkyl halides is 1. The zero-order valence-corrected chi connectivity index (χ0v) is 11.4. The summed E-state index contributed by atoms with van der Waals surface area (Å²) in [5.41, 5.74) is 3.68. The Morgan fingerprint density at radius 3 is 3.06 bits per heavy atom. The molecule has 1 unspecified atom stereocenters. The molecule has 3 rings (SSSR count). The van der Waals surface area contributed by atoms with Gasteiger partial charge in [-0.2, -0.15) is 0 Å².